The standard InChI is InChI=1S/C18H18/c1-2-4-14(3-1)15-7-9-16(10-8-15)18-12-13-5-6-17(18)11-13/h1-10,13-14,17-18H,11-12H2. The summed E-state index contributed by atoms with van der Waals surface area (Å²) >= 11 is 0. The molecule has 1 fully saturated rings. The van der Waals surface area contributed by atoms with Crippen molar-refractivity contribution in [2.75, 3.05) is 0 Å². The Hall–Kier alpha value is -1.56. The molecule has 18 heavy (non-hydrogen) atoms. The van der Waals surface area contributed by atoms with Crippen LogP contribution >= 0.6 is 0 Å². The summed E-state index contributed by atoms with van der Waals surface area (Å²) in [7, 11) is 0. The highest BCUT2D eigenvalue weighted by molar-refractivity contribution is 5.38. The van der Waals surface area contributed by atoms with Crippen LogP contribution < -0.4 is 0 Å². The molecule has 4 rings (SSSR count). The van der Waals surface area contributed by atoms with Crippen LogP contribution in [-0.2, 0) is 0 Å². The molecule has 0 saturated heterocycles. The van der Waals surface area contributed by atoms with Crippen LogP contribution in [0.25, 0.3) is 0 Å². The molecule has 3 aliphatic rings. The Morgan fingerprint density at radius 1 is 0.722 bits per heavy atom. The largest absolute Gasteiger partial charge is 0.0851 e. The Morgan fingerprint density at radius 3 is 2.06 bits per heavy atom. The van der Waals surface area contributed by atoms with E-state index < -0.39 is 0 Å². The lowest BCUT2D eigenvalue weighted by Crippen LogP contribution is -2.05. The molecule has 90 valence electrons. The zero-order chi connectivity index (χ0) is 11.9. The number of allylic oxidation sites excluding steroid dienone is 6. The van der Waals surface area contributed by atoms with E-state index in [2.05, 4.69) is 60.7 Å². The molecule has 0 N–H and O–H groups in total. The Bertz CT molecular complexity index is 518. The smallest absolute Gasteiger partial charge is 0.0204 e. The number of rotatable bonds is 2. The summed E-state index contributed by atoms with van der Waals surface area (Å²) in [5.74, 6) is 2.95. The molecule has 0 aliphatic heterocycles. The van der Waals surface area contributed by atoms with Gasteiger partial charge in [0, 0.05) is 5.92 Å². The predicted octanol–water partition coefficient (Wildman–Crippen LogP) is 4.58. The second-order valence-electron chi connectivity index (χ2n) is 5.85. The van der Waals surface area contributed by atoms with Gasteiger partial charge in [0.2, 0.25) is 0 Å². The van der Waals surface area contributed by atoms with E-state index >= 15 is 0 Å². The van der Waals surface area contributed by atoms with E-state index in [1.165, 1.54) is 18.4 Å². The molecule has 1 saturated carbocycles. The van der Waals surface area contributed by atoms with Crippen molar-refractivity contribution >= 4 is 0 Å². The van der Waals surface area contributed by atoms with E-state index in [1.807, 2.05) is 0 Å². The van der Waals surface area contributed by atoms with Crippen LogP contribution in [0.4, 0.5) is 0 Å². The first-order valence-corrected chi connectivity index (χ1v) is 7.03. The van der Waals surface area contributed by atoms with Crippen LogP contribution in [-0.4, -0.2) is 0 Å². The van der Waals surface area contributed by atoms with Crippen molar-refractivity contribution in [1.82, 2.24) is 0 Å². The molecular formula is C18H18. The summed E-state index contributed by atoms with van der Waals surface area (Å²) in [4.78, 5) is 0. The minimum Gasteiger partial charge on any atom is -0.0851 e. The SMILES string of the molecule is C1=CC(c2ccc(C3CC4C=CC3C4)cc2)C=C1. The van der Waals surface area contributed by atoms with Crippen LogP contribution in [0.5, 0.6) is 0 Å². The summed E-state index contributed by atoms with van der Waals surface area (Å²) in [6, 6.07) is 9.34. The summed E-state index contributed by atoms with van der Waals surface area (Å²) in [5, 5.41) is 0. The first-order chi connectivity index (χ1) is 8.90. The fraction of sp³-hybridized carbons (Fsp3) is 0.333. The average molecular weight is 234 g/mol. The van der Waals surface area contributed by atoms with Crippen LogP contribution in [0.1, 0.15) is 35.8 Å². The van der Waals surface area contributed by atoms with Gasteiger partial charge in [-0.3, -0.25) is 0 Å². The minimum atomic E-state index is 0.499. The Labute approximate surface area is 109 Å². The van der Waals surface area contributed by atoms with Crippen molar-refractivity contribution < 1.29 is 0 Å². The monoisotopic (exact) mass is 234 g/mol. The first kappa shape index (κ1) is 10.4. The maximum Gasteiger partial charge on any atom is 0.0204 e. The summed E-state index contributed by atoms with van der Waals surface area (Å²) in [5.41, 5.74) is 2.96. The quantitative estimate of drug-likeness (QED) is 0.657. The molecule has 3 aliphatic carbocycles. The third kappa shape index (κ3) is 1.59. The van der Waals surface area contributed by atoms with Crippen molar-refractivity contribution in [3.63, 3.8) is 0 Å². The second-order valence-corrected chi connectivity index (χ2v) is 5.85. The lowest BCUT2D eigenvalue weighted by molar-refractivity contribution is 0.585. The molecule has 0 aromatic heterocycles. The third-order valence-corrected chi connectivity index (χ3v) is 4.78. The van der Waals surface area contributed by atoms with Gasteiger partial charge in [0.05, 0.1) is 0 Å². The van der Waals surface area contributed by atoms with Gasteiger partial charge in [-0.2, -0.15) is 0 Å². The van der Waals surface area contributed by atoms with E-state index in [1.54, 1.807) is 5.56 Å². The summed E-state index contributed by atoms with van der Waals surface area (Å²) in [6.45, 7) is 0. The van der Waals surface area contributed by atoms with Crippen molar-refractivity contribution in [2.45, 2.75) is 24.7 Å². The fourth-order valence-corrected chi connectivity index (χ4v) is 3.78. The highest BCUT2D eigenvalue weighted by Gasteiger charge is 2.36. The van der Waals surface area contributed by atoms with E-state index in [-0.39, 0.29) is 0 Å². The maximum absolute atomic E-state index is 2.44. The molecule has 3 atom stereocenters. The van der Waals surface area contributed by atoms with Crippen LogP contribution in [0.3, 0.4) is 0 Å². The average Bonchev–Trinajstić information content (AvgIpc) is 3.16. The number of fused-ring (bicyclic) bond motifs is 2. The summed E-state index contributed by atoms with van der Waals surface area (Å²) in [6.07, 6.45) is 16.4. The molecule has 0 radical (unpaired) electrons. The van der Waals surface area contributed by atoms with Gasteiger partial charge >= 0.3 is 0 Å². The molecule has 0 heterocycles. The maximum atomic E-state index is 2.44. The van der Waals surface area contributed by atoms with E-state index in [0.717, 1.165) is 17.8 Å². The second kappa shape index (κ2) is 3.98. The zero-order valence-electron chi connectivity index (χ0n) is 10.5. The van der Waals surface area contributed by atoms with Crippen molar-refractivity contribution in [3.05, 3.63) is 71.8 Å². The van der Waals surface area contributed by atoms with Gasteiger partial charge in [-0.1, -0.05) is 60.7 Å². The zero-order valence-corrected chi connectivity index (χ0v) is 10.5. The Morgan fingerprint density at radius 2 is 1.44 bits per heavy atom. The normalized spacial score (nSPS) is 32.8. The van der Waals surface area contributed by atoms with Gasteiger partial charge in [0.15, 0.2) is 0 Å². The molecule has 1 aromatic carbocycles. The van der Waals surface area contributed by atoms with Crippen LogP contribution in [0, 0.1) is 11.8 Å². The molecule has 3 unspecified atom stereocenters. The van der Waals surface area contributed by atoms with Gasteiger partial charge in [0.1, 0.15) is 0 Å². The minimum absolute atomic E-state index is 0.499. The van der Waals surface area contributed by atoms with Gasteiger partial charge in [-0.05, 0) is 41.7 Å². The van der Waals surface area contributed by atoms with E-state index in [4.69, 9.17) is 0 Å². The molecule has 1 aromatic rings. The topological polar surface area (TPSA) is 0 Å². The lowest BCUT2D eigenvalue weighted by Gasteiger charge is -2.19. The van der Waals surface area contributed by atoms with Crippen molar-refractivity contribution in [2.24, 2.45) is 11.8 Å². The number of hydrogen-bond acceptors (Lipinski definition) is 0. The fourth-order valence-electron chi connectivity index (χ4n) is 3.78. The Kier molecular flexibility index (Phi) is 2.29. The van der Waals surface area contributed by atoms with Crippen molar-refractivity contribution in [3.8, 4) is 0 Å². The highest BCUT2D eigenvalue weighted by Crippen LogP contribution is 2.48. The lowest BCUT2D eigenvalue weighted by atomic mass is 9.86. The van der Waals surface area contributed by atoms with Gasteiger partial charge in [0.25, 0.3) is 0 Å². The van der Waals surface area contributed by atoms with Crippen LogP contribution in [0.2, 0.25) is 0 Å². The third-order valence-electron chi connectivity index (χ3n) is 4.78. The van der Waals surface area contributed by atoms with E-state index in [9.17, 15) is 0 Å². The number of hydrogen-bond donors (Lipinski definition) is 0. The molecular weight excluding hydrogens is 216 g/mol. The molecule has 2 bridgehead atoms. The molecule has 0 spiro atoms. The van der Waals surface area contributed by atoms with Gasteiger partial charge < -0.3 is 0 Å². The molecule has 0 amide bonds. The number of benzene rings is 1. The van der Waals surface area contributed by atoms with Gasteiger partial charge in [-0.15, -0.1) is 0 Å². The highest BCUT2D eigenvalue weighted by atomic mass is 14.4. The predicted molar refractivity (Wildman–Crippen MR) is 75.6 cm³/mol. The van der Waals surface area contributed by atoms with Gasteiger partial charge in [-0.25, -0.2) is 0 Å². The Balaban J connectivity index is 1.58. The first-order valence-electron chi connectivity index (χ1n) is 7.03. The molecule has 0 heteroatoms. The molecule has 0 nitrogen and oxygen atoms in total. The summed E-state index contributed by atoms with van der Waals surface area (Å²) < 4.78 is 0. The van der Waals surface area contributed by atoms with Crippen molar-refractivity contribution in [1.29, 1.82) is 0 Å². The van der Waals surface area contributed by atoms with Crippen LogP contribution in [0.15, 0.2) is 60.7 Å². The van der Waals surface area contributed by atoms with E-state index in [0.29, 0.717) is 5.92 Å².